The summed E-state index contributed by atoms with van der Waals surface area (Å²) in [6.07, 6.45) is 0. The molecule has 1 N–H and O–H groups in total. The van der Waals surface area contributed by atoms with Crippen LogP contribution in [0.3, 0.4) is 0 Å². The van der Waals surface area contributed by atoms with Gasteiger partial charge in [-0.2, -0.15) is 0 Å². The Balaban J connectivity index is 2.70. The number of hydrogen-bond acceptors (Lipinski definition) is 3. The second-order valence-electron chi connectivity index (χ2n) is 5.88. The first-order chi connectivity index (χ1) is 6.73. The summed E-state index contributed by atoms with van der Waals surface area (Å²) in [4.78, 5) is 12.2. The molecular weight excluding hydrogens is 188 g/mol. The molecule has 1 heterocycles. The number of rotatable bonds is 2. The van der Waals surface area contributed by atoms with E-state index in [0.717, 1.165) is 6.54 Å². The van der Waals surface area contributed by atoms with Crippen molar-refractivity contribution < 1.29 is 4.79 Å². The van der Waals surface area contributed by atoms with Gasteiger partial charge >= 0.3 is 0 Å². The number of hydrazine groups is 1. The predicted octanol–water partition coefficient (Wildman–Crippen LogP) is 1.83. The SMILES string of the molecule is CC1NN(C(C)C)CC1C(=O)C(C)(C)C. The summed E-state index contributed by atoms with van der Waals surface area (Å²) in [5.41, 5.74) is 3.14. The van der Waals surface area contributed by atoms with Crippen LogP contribution in [0.4, 0.5) is 0 Å². The Morgan fingerprint density at radius 1 is 1.40 bits per heavy atom. The summed E-state index contributed by atoms with van der Waals surface area (Å²) in [7, 11) is 0. The van der Waals surface area contributed by atoms with Gasteiger partial charge in [-0.15, -0.1) is 0 Å². The molecule has 0 amide bonds. The third kappa shape index (κ3) is 2.79. The zero-order valence-corrected chi connectivity index (χ0v) is 10.8. The van der Waals surface area contributed by atoms with E-state index in [4.69, 9.17) is 0 Å². The van der Waals surface area contributed by atoms with Gasteiger partial charge in [-0.05, 0) is 20.8 Å². The predicted molar refractivity (Wildman–Crippen MR) is 62.4 cm³/mol. The summed E-state index contributed by atoms with van der Waals surface area (Å²) in [5.74, 6) is 0.498. The van der Waals surface area contributed by atoms with E-state index in [-0.39, 0.29) is 17.4 Å². The van der Waals surface area contributed by atoms with E-state index in [1.807, 2.05) is 20.8 Å². The minimum Gasteiger partial charge on any atom is -0.299 e. The lowest BCUT2D eigenvalue weighted by Gasteiger charge is -2.23. The van der Waals surface area contributed by atoms with Crippen LogP contribution in [0.5, 0.6) is 0 Å². The smallest absolute Gasteiger partial charge is 0.144 e. The average Bonchev–Trinajstić information content (AvgIpc) is 2.44. The lowest BCUT2D eigenvalue weighted by Crippen LogP contribution is -2.39. The van der Waals surface area contributed by atoms with Gasteiger partial charge in [0.1, 0.15) is 5.78 Å². The molecule has 0 aromatic heterocycles. The van der Waals surface area contributed by atoms with Crippen LogP contribution in [-0.4, -0.2) is 29.4 Å². The monoisotopic (exact) mass is 212 g/mol. The Hall–Kier alpha value is -0.410. The largest absolute Gasteiger partial charge is 0.299 e. The van der Waals surface area contributed by atoms with Crippen LogP contribution in [0.1, 0.15) is 41.5 Å². The Kier molecular flexibility index (Phi) is 3.56. The summed E-state index contributed by atoms with van der Waals surface area (Å²) in [5, 5.41) is 2.17. The molecule has 0 aromatic carbocycles. The van der Waals surface area contributed by atoms with Crippen molar-refractivity contribution in [3.8, 4) is 0 Å². The van der Waals surface area contributed by atoms with Crippen molar-refractivity contribution in [2.24, 2.45) is 11.3 Å². The van der Waals surface area contributed by atoms with Crippen LogP contribution >= 0.6 is 0 Å². The molecule has 88 valence electrons. The van der Waals surface area contributed by atoms with Crippen molar-refractivity contribution in [1.82, 2.24) is 10.4 Å². The van der Waals surface area contributed by atoms with Gasteiger partial charge in [0.2, 0.25) is 0 Å². The van der Waals surface area contributed by atoms with Crippen LogP contribution in [0.15, 0.2) is 0 Å². The van der Waals surface area contributed by atoms with Crippen molar-refractivity contribution in [3.05, 3.63) is 0 Å². The minimum atomic E-state index is -0.229. The van der Waals surface area contributed by atoms with E-state index in [2.05, 4.69) is 31.2 Å². The second-order valence-corrected chi connectivity index (χ2v) is 5.88. The molecule has 0 spiro atoms. The fourth-order valence-corrected chi connectivity index (χ4v) is 2.00. The maximum Gasteiger partial charge on any atom is 0.144 e. The molecule has 3 heteroatoms. The molecular formula is C12H24N2O. The maximum absolute atomic E-state index is 12.2. The molecule has 0 bridgehead atoms. The Morgan fingerprint density at radius 2 is 1.93 bits per heavy atom. The molecule has 0 aromatic rings. The third-order valence-corrected chi connectivity index (χ3v) is 3.07. The van der Waals surface area contributed by atoms with Crippen molar-refractivity contribution >= 4 is 5.78 Å². The molecule has 1 aliphatic rings. The number of carbonyl (C=O) groups excluding carboxylic acids is 1. The first-order valence-electron chi connectivity index (χ1n) is 5.80. The summed E-state index contributed by atoms with van der Waals surface area (Å²) in [6, 6.07) is 0.712. The molecule has 0 saturated carbocycles. The Bertz CT molecular complexity index is 242. The molecule has 1 rings (SSSR count). The van der Waals surface area contributed by atoms with E-state index < -0.39 is 0 Å². The van der Waals surface area contributed by atoms with Crippen LogP contribution in [0.25, 0.3) is 0 Å². The zero-order valence-electron chi connectivity index (χ0n) is 10.8. The number of hydrogen-bond donors (Lipinski definition) is 1. The maximum atomic E-state index is 12.2. The van der Waals surface area contributed by atoms with Gasteiger partial charge < -0.3 is 0 Å². The molecule has 0 radical (unpaired) electrons. The quantitative estimate of drug-likeness (QED) is 0.758. The van der Waals surface area contributed by atoms with E-state index in [1.165, 1.54) is 0 Å². The van der Waals surface area contributed by atoms with Crippen LogP contribution in [-0.2, 0) is 4.79 Å². The van der Waals surface area contributed by atoms with Crippen LogP contribution in [0.2, 0.25) is 0 Å². The molecule has 1 saturated heterocycles. The van der Waals surface area contributed by atoms with Gasteiger partial charge in [0.25, 0.3) is 0 Å². The molecule has 2 unspecified atom stereocenters. The number of nitrogens with zero attached hydrogens (tertiary/aromatic N) is 1. The first kappa shape index (κ1) is 12.7. The van der Waals surface area contributed by atoms with E-state index in [0.29, 0.717) is 11.8 Å². The summed E-state index contributed by atoms with van der Waals surface area (Å²) < 4.78 is 0. The topological polar surface area (TPSA) is 32.3 Å². The van der Waals surface area contributed by atoms with Crippen LogP contribution in [0, 0.1) is 11.3 Å². The standard InChI is InChI=1S/C12H24N2O/c1-8(2)14-7-10(9(3)13-14)11(15)12(4,5)6/h8-10,13H,7H2,1-6H3. The highest BCUT2D eigenvalue weighted by Crippen LogP contribution is 2.26. The van der Waals surface area contributed by atoms with Gasteiger partial charge in [0.15, 0.2) is 0 Å². The lowest BCUT2D eigenvalue weighted by molar-refractivity contribution is -0.130. The van der Waals surface area contributed by atoms with Crippen molar-refractivity contribution in [1.29, 1.82) is 0 Å². The molecule has 1 aliphatic heterocycles. The van der Waals surface area contributed by atoms with E-state index in [9.17, 15) is 4.79 Å². The third-order valence-electron chi connectivity index (χ3n) is 3.07. The fourth-order valence-electron chi connectivity index (χ4n) is 2.00. The minimum absolute atomic E-state index is 0.132. The molecule has 0 aliphatic carbocycles. The van der Waals surface area contributed by atoms with E-state index >= 15 is 0 Å². The molecule has 1 fully saturated rings. The Labute approximate surface area is 93.2 Å². The van der Waals surface area contributed by atoms with Crippen molar-refractivity contribution in [2.45, 2.75) is 53.6 Å². The Morgan fingerprint density at radius 3 is 2.27 bits per heavy atom. The highest BCUT2D eigenvalue weighted by atomic mass is 16.1. The van der Waals surface area contributed by atoms with Gasteiger partial charge in [0, 0.05) is 30.0 Å². The number of carbonyl (C=O) groups is 1. The van der Waals surface area contributed by atoms with Gasteiger partial charge in [-0.3, -0.25) is 10.2 Å². The summed E-state index contributed by atoms with van der Waals surface area (Å²) >= 11 is 0. The molecule has 15 heavy (non-hydrogen) atoms. The molecule has 3 nitrogen and oxygen atoms in total. The fraction of sp³-hybridized carbons (Fsp3) is 0.917. The number of nitrogens with one attached hydrogen (secondary N) is 1. The van der Waals surface area contributed by atoms with Gasteiger partial charge in [0.05, 0.1) is 0 Å². The van der Waals surface area contributed by atoms with Gasteiger partial charge in [-0.1, -0.05) is 20.8 Å². The lowest BCUT2D eigenvalue weighted by atomic mass is 9.81. The second kappa shape index (κ2) is 4.22. The highest BCUT2D eigenvalue weighted by Gasteiger charge is 2.39. The average molecular weight is 212 g/mol. The summed E-state index contributed by atoms with van der Waals surface area (Å²) in [6.45, 7) is 13.2. The number of Topliss-reactive ketones (excluding diaryl/α,β-unsaturated/α-hetero) is 1. The normalized spacial score (nSPS) is 28.7. The van der Waals surface area contributed by atoms with Crippen molar-refractivity contribution in [3.63, 3.8) is 0 Å². The van der Waals surface area contributed by atoms with Crippen molar-refractivity contribution in [2.75, 3.05) is 6.54 Å². The van der Waals surface area contributed by atoms with E-state index in [1.54, 1.807) is 0 Å². The number of ketones is 1. The highest BCUT2D eigenvalue weighted by molar-refractivity contribution is 5.87. The molecule has 2 atom stereocenters. The zero-order chi connectivity index (χ0) is 11.8. The first-order valence-corrected chi connectivity index (χ1v) is 5.80. The van der Waals surface area contributed by atoms with Crippen LogP contribution < -0.4 is 5.43 Å². The van der Waals surface area contributed by atoms with Gasteiger partial charge in [-0.25, -0.2) is 5.01 Å².